The van der Waals surface area contributed by atoms with E-state index >= 15 is 0 Å². The summed E-state index contributed by atoms with van der Waals surface area (Å²) in [5.41, 5.74) is 5.79. The maximum atomic E-state index is 11.8. The van der Waals surface area contributed by atoms with Crippen LogP contribution in [0.25, 0.3) is 0 Å². The summed E-state index contributed by atoms with van der Waals surface area (Å²) in [6.45, 7) is 0.109. The predicted octanol–water partition coefficient (Wildman–Crippen LogP) is -0.101. The van der Waals surface area contributed by atoms with Crippen LogP contribution in [0.4, 0.5) is 0 Å². The maximum Gasteiger partial charge on any atom is 0.239 e. The number of amides is 2. The van der Waals surface area contributed by atoms with Crippen molar-refractivity contribution in [2.45, 2.75) is 50.6 Å². The molecule has 2 saturated carbocycles. The molecule has 2 fully saturated rings. The molecule has 0 unspecified atom stereocenters. The van der Waals surface area contributed by atoms with E-state index < -0.39 is 0 Å². The number of carbonyl (C=O) groups is 2. The van der Waals surface area contributed by atoms with Crippen LogP contribution in [0, 0.1) is 5.92 Å². The Labute approximate surface area is 102 Å². The van der Waals surface area contributed by atoms with Crippen LogP contribution in [-0.2, 0) is 9.59 Å². The second-order valence-electron chi connectivity index (χ2n) is 5.17. The van der Waals surface area contributed by atoms with E-state index in [1.54, 1.807) is 0 Å². The van der Waals surface area contributed by atoms with Gasteiger partial charge in [0, 0.05) is 18.0 Å². The van der Waals surface area contributed by atoms with Crippen LogP contribution in [0.2, 0.25) is 0 Å². The van der Waals surface area contributed by atoms with Crippen molar-refractivity contribution >= 4 is 11.8 Å². The van der Waals surface area contributed by atoms with Gasteiger partial charge in [-0.3, -0.25) is 9.59 Å². The molecule has 17 heavy (non-hydrogen) atoms. The predicted molar refractivity (Wildman–Crippen MR) is 64.1 cm³/mol. The Hall–Kier alpha value is -1.10. The molecule has 5 nitrogen and oxygen atoms in total. The topological polar surface area (TPSA) is 84.2 Å². The number of nitrogens with two attached hydrogens (primary N) is 1. The minimum atomic E-state index is -0.0756. The Morgan fingerprint density at radius 3 is 2.29 bits per heavy atom. The lowest BCUT2D eigenvalue weighted by Crippen LogP contribution is -2.41. The Balaban J connectivity index is 1.64. The highest BCUT2D eigenvalue weighted by atomic mass is 16.2. The van der Waals surface area contributed by atoms with Crippen LogP contribution in [0.15, 0.2) is 0 Å². The van der Waals surface area contributed by atoms with E-state index in [4.69, 9.17) is 5.73 Å². The van der Waals surface area contributed by atoms with Crippen LogP contribution in [0.3, 0.4) is 0 Å². The van der Waals surface area contributed by atoms with Crippen LogP contribution < -0.4 is 16.4 Å². The molecule has 0 radical (unpaired) electrons. The zero-order chi connectivity index (χ0) is 12.3. The van der Waals surface area contributed by atoms with Gasteiger partial charge in [0.2, 0.25) is 11.8 Å². The van der Waals surface area contributed by atoms with Crippen molar-refractivity contribution < 1.29 is 9.59 Å². The van der Waals surface area contributed by atoms with Crippen molar-refractivity contribution in [3.8, 4) is 0 Å². The molecule has 0 aromatic rings. The summed E-state index contributed by atoms with van der Waals surface area (Å²) in [7, 11) is 0. The Morgan fingerprint density at radius 2 is 1.71 bits per heavy atom. The first-order valence-corrected chi connectivity index (χ1v) is 6.48. The van der Waals surface area contributed by atoms with Crippen molar-refractivity contribution in [3.63, 3.8) is 0 Å². The molecule has 96 valence electrons. The van der Waals surface area contributed by atoms with Crippen molar-refractivity contribution in [2.75, 3.05) is 6.54 Å². The highest BCUT2D eigenvalue weighted by Crippen LogP contribution is 2.23. The van der Waals surface area contributed by atoms with Crippen LogP contribution in [0.1, 0.15) is 38.5 Å². The monoisotopic (exact) mass is 239 g/mol. The van der Waals surface area contributed by atoms with E-state index in [1.807, 2.05) is 0 Å². The molecule has 4 N–H and O–H groups in total. The lowest BCUT2D eigenvalue weighted by Gasteiger charge is -2.25. The highest BCUT2D eigenvalue weighted by Gasteiger charge is 2.26. The number of nitrogens with one attached hydrogen (secondary N) is 2. The molecule has 0 aliphatic heterocycles. The third kappa shape index (κ3) is 4.00. The molecule has 2 aliphatic rings. The van der Waals surface area contributed by atoms with Gasteiger partial charge in [-0.2, -0.15) is 0 Å². The third-order valence-corrected chi connectivity index (χ3v) is 3.51. The van der Waals surface area contributed by atoms with Crippen molar-refractivity contribution in [1.82, 2.24) is 10.6 Å². The number of carbonyl (C=O) groups excluding carboxylic acids is 2. The third-order valence-electron chi connectivity index (χ3n) is 3.51. The van der Waals surface area contributed by atoms with Gasteiger partial charge in [-0.25, -0.2) is 0 Å². The smallest absolute Gasteiger partial charge is 0.239 e. The molecule has 2 amide bonds. The van der Waals surface area contributed by atoms with Crippen molar-refractivity contribution in [2.24, 2.45) is 11.7 Å². The molecule has 2 aliphatic carbocycles. The molecule has 2 rings (SSSR count). The largest absolute Gasteiger partial charge is 0.352 e. The highest BCUT2D eigenvalue weighted by molar-refractivity contribution is 5.86. The molecule has 0 aromatic carbocycles. The molecule has 5 heteroatoms. The Kier molecular flexibility index (Phi) is 3.99. The summed E-state index contributed by atoms with van der Waals surface area (Å²) < 4.78 is 0. The maximum absolute atomic E-state index is 11.8. The van der Waals surface area contributed by atoms with Crippen LogP contribution >= 0.6 is 0 Å². The molecule has 0 spiro atoms. The fraction of sp³-hybridized carbons (Fsp3) is 0.833. The van der Waals surface area contributed by atoms with Crippen LogP contribution in [-0.4, -0.2) is 30.4 Å². The number of hydrogen-bond acceptors (Lipinski definition) is 3. The molecular formula is C12H21N3O2. The fourth-order valence-corrected chi connectivity index (χ4v) is 2.20. The summed E-state index contributed by atoms with van der Waals surface area (Å²) in [5.74, 6) is -0.0280. The zero-order valence-corrected chi connectivity index (χ0v) is 10.1. The number of rotatable bonds is 4. The van der Waals surface area contributed by atoms with Gasteiger partial charge in [0.25, 0.3) is 0 Å². The lowest BCUT2D eigenvalue weighted by atomic mass is 9.86. The zero-order valence-electron chi connectivity index (χ0n) is 10.1. The van der Waals surface area contributed by atoms with Crippen molar-refractivity contribution in [3.05, 3.63) is 0 Å². The first-order valence-electron chi connectivity index (χ1n) is 6.48. The molecule has 0 saturated heterocycles. The summed E-state index contributed by atoms with van der Waals surface area (Å²) in [6, 6.07) is 0.601. The van der Waals surface area contributed by atoms with Gasteiger partial charge in [-0.05, 0) is 38.5 Å². The summed E-state index contributed by atoms with van der Waals surface area (Å²) in [4.78, 5) is 23.2. The fourth-order valence-electron chi connectivity index (χ4n) is 2.20. The molecule has 0 aromatic heterocycles. The van der Waals surface area contributed by atoms with E-state index in [9.17, 15) is 9.59 Å². The summed E-state index contributed by atoms with van der Waals surface area (Å²) in [5, 5.41) is 5.55. The second kappa shape index (κ2) is 5.49. The van der Waals surface area contributed by atoms with Gasteiger partial charge < -0.3 is 16.4 Å². The van der Waals surface area contributed by atoms with E-state index in [-0.39, 0.29) is 30.3 Å². The lowest BCUT2D eigenvalue weighted by molar-refractivity contribution is -0.129. The number of hydrogen-bond donors (Lipinski definition) is 3. The van der Waals surface area contributed by atoms with E-state index in [2.05, 4.69) is 10.6 Å². The van der Waals surface area contributed by atoms with Gasteiger partial charge in [0.05, 0.1) is 6.54 Å². The standard InChI is InChI=1S/C12H21N3O2/c13-9-3-1-8(2-4-9)12(17)14-7-11(16)15-10-5-6-10/h8-10H,1-7,13H2,(H,14,17)(H,15,16). The average Bonchev–Trinajstić information content (AvgIpc) is 3.11. The van der Waals surface area contributed by atoms with E-state index in [1.165, 1.54) is 0 Å². The molecule has 0 bridgehead atoms. The first-order chi connectivity index (χ1) is 8.15. The van der Waals surface area contributed by atoms with Gasteiger partial charge in [-0.15, -0.1) is 0 Å². The van der Waals surface area contributed by atoms with Gasteiger partial charge in [-0.1, -0.05) is 0 Å². The average molecular weight is 239 g/mol. The van der Waals surface area contributed by atoms with Crippen molar-refractivity contribution in [1.29, 1.82) is 0 Å². The van der Waals surface area contributed by atoms with Crippen LogP contribution in [0.5, 0.6) is 0 Å². The summed E-state index contributed by atoms with van der Waals surface area (Å²) >= 11 is 0. The Bertz CT molecular complexity index is 294. The molecule has 0 atom stereocenters. The second-order valence-corrected chi connectivity index (χ2v) is 5.17. The SMILES string of the molecule is NC1CCC(C(=O)NCC(=O)NC2CC2)CC1. The van der Waals surface area contributed by atoms with Gasteiger partial charge >= 0.3 is 0 Å². The molecular weight excluding hydrogens is 218 g/mol. The normalized spacial score (nSPS) is 28.5. The molecule has 0 heterocycles. The first kappa shape index (κ1) is 12.4. The van der Waals surface area contributed by atoms with Gasteiger partial charge in [0.1, 0.15) is 0 Å². The van der Waals surface area contributed by atoms with Gasteiger partial charge in [0.15, 0.2) is 0 Å². The minimum Gasteiger partial charge on any atom is -0.352 e. The summed E-state index contributed by atoms with van der Waals surface area (Å²) in [6.07, 6.45) is 5.65. The van der Waals surface area contributed by atoms with E-state index in [0.717, 1.165) is 38.5 Å². The Morgan fingerprint density at radius 1 is 1.06 bits per heavy atom. The quantitative estimate of drug-likeness (QED) is 0.640. The minimum absolute atomic E-state index is 0.00264. The van der Waals surface area contributed by atoms with E-state index in [0.29, 0.717) is 6.04 Å².